The predicted octanol–water partition coefficient (Wildman–Crippen LogP) is 6.13. The SMILES string of the molecule is Cc1ccc(-n2c3c(F)cc(C)cc3c3cc(C)cc(F)c32)c(F)c1. The molecule has 0 N–H and O–H groups in total. The molecular formula is C21H16F3N. The van der Waals surface area contributed by atoms with Crippen molar-refractivity contribution in [1.82, 2.24) is 4.57 Å². The molecule has 0 bridgehead atoms. The minimum Gasteiger partial charge on any atom is -0.301 e. The Balaban J connectivity index is 2.29. The van der Waals surface area contributed by atoms with Crippen molar-refractivity contribution in [3.8, 4) is 5.69 Å². The van der Waals surface area contributed by atoms with Crippen molar-refractivity contribution in [3.63, 3.8) is 0 Å². The van der Waals surface area contributed by atoms with E-state index in [0.29, 0.717) is 10.8 Å². The number of aryl methyl sites for hydroxylation is 3. The second-order valence-electron chi connectivity index (χ2n) is 6.58. The average Bonchev–Trinajstić information content (AvgIpc) is 2.82. The van der Waals surface area contributed by atoms with Gasteiger partial charge in [0.05, 0.1) is 16.7 Å². The molecule has 0 aliphatic carbocycles. The molecule has 4 rings (SSSR count). The molecule has 0 saturated carbocycles. The van der Waals surface area contributed by atoms with Gasteiger partial charge in [-0.15, -0.1) is 0 Å². The van der Waals surface area contributed by atoms with Gasteiger partial charge >= 0.3 is 0 Å². The smallest absolute Gasteiger partial charge is 0.148 e. The van der Waals surface area contributed by atoms with Crippen LogP contribution in [0.5, 0.6) is 0 Å². The van der Waals surface area contributed by atoms with Crippen molar-refractivity contribution in [2.24, 2.45) is 0 Å². The summed E-state index contributed by atoms with van der Waals surface area (Å²) in [6.45, 7) is 5.33. The van der Waals surface area contributed by atoms with Crippen LogP contribution in [0.15, 0.2) is 42.5 Å². The molecule has 4 heteroatoms. The first kappa shape index (κ1) is 15.8. The summed E-state index contributed by atoms with van der Waals surface area (Å²) in [4.78, 5) is 0. The minimum absolute atomic E-state index is 0.135. The Morgan fingerprint density at radius 1 is 0.600 bits per heavy atom. The van der Waals surface area contributed by atoms with Gasteiger partial charge in [0.2, 0.25) is 0 Å². The van der Waals surface area contributed by atoms with Crippen LogP contribution in [0, 0.1) is 38.2 Å². The standard InChI is InChI=1S/C21H16F3N/c1-11-4-5-19(16(22)8-11)25-20-14(6-12(2)9-17(20)23)15-7-13(3)10-18(24)21(15)25/h4-10H,1-3H3. The van der Waals surface area contributed by atoms with E-state index < -0.39 is 17.5 Å². The highest BCUT2D eigenvalue weighted by atomic mass is 19.1. The molecule has 1 aromatic heterocycles. The van der Waals surface area contributed by atoms with E-state index in [9.17, 15) is 13.2 Å². The van der Waals surface area contributed by atoms with Crippen LogP contribution >= 0.6 is 0 Å². The van der Waals surface area contributed by atoms with Crippen molar-refractivity contribution in [2.45, 2.75) is 20.8 Å². The van der Waals surface area contributed by atoms with Gasteiger partial charge < -0.3 is 4.57 Å². The molecule has 25 heavy (non-hydrogen) atoms. The molecule has 0 amide bonds. The predicted molar refractivity (Wildman–Crippen MR) is 94.9 cm³/mol. The molecule has 0 spiro atoms. The fourth-order valence-electron chi connectivity index (χ4n) is 3.48. The zero-order valence-electron chi connectivity index (χ0n) is 14.1. The van der Waals surface area contributed by atoms with Crippen LogP contribution in [0.2, 0.25) is 0 Å². The van der Waals surface area contributed by atoms with Crippen molar-refractivity contribution in [2.75, 3.05) is 0 Å². The third-order valence-corrected chi connectivity index (χ3v) is 4.50. The molecule has 3 aromatic carbocycles. The number of aromatic nitrogens is 1. The van der Waals surface area contributed by atoms with E-state index in [2.05, 4.69) is 0 Å². The topological polar surface area (TPSA) is 4.93 Å². The molecule has 0 radical (unpaired) electrons. The summed E-state index contributed by atoms with van der Waals surface area (Å²) < 4.78 is 45.6. The maximum atomic E-state index is 14.8. The third-order valence-electron chi connectivity index (χ3n) is 4.50. The molecule has 0 aliphatic heterocycles. The minimum atomic E-state index is -0.515. The van der Waals surface area contributed by atoms with Crippen LogP contribution < -0.4 is 0 Å². The van der Waals surface area contributed by atoms with E-state index >= 15 is 0 Å². The molecule has 1 nitrogen and oxygen atoms in total. The summed E-state index contributed by atoms with van der Waals surface area (Å²) in [6.07, 6.45) is 0. The van der Waals surface area contributed by atoms with Gasteiger partial charge in [0.25, 0.3) is 0 Å². The van der Waals surface area contributed by atoms with E-state index in [-0.39, 0.29) is 16.7 Å². The van der Waals surface area contributed by atoms with Crippen LogP contribution in [0.4, 0.5) is 13.2 Å². The summed E-state index contributed by atoms with van der Waals surface area (Å²) in [7, 11) is 0. The number of hydrogen-bond donors (Lipinski definition) is 0. The van der Waals surface area contributed by atoms with E-state index in [1.807, 2.05) is 12.1 Å². The van der Waals surface area contributed by atoms with Crippen molar-refractivity contribution < 1.29 is 13.2 Å². The Kier molecular flexibility index (Phi) is 3.39. The van der Waals surface area contributed by atoms with Crippen LogP contribution in [0.1, 0.15) is 16.7 Å². The Morgan fingerprint density at radius 2 is 1.08 bits per heavy atom. The molecule has 4 aromatic rings. The summed E-state index contributed by atoms with van der Waals surface area (Å²) >= 11 is 0. The van der Waals surface area contributed by atoms with Gasteiger partial charge in [-0.3, -0.25) is 0 Å². The lowest BCUT2D eigenvalue weighted by atomic mass is 10.1. The number of fused-ring (bicyclic) bond motifs is 3. The molecule has 0 atom stereocenters. The lowest BCUT2D eigenvalue weighted by Crippen LogP contribution is -2.01. The van der Waals surface area contributed by atoms with E-state index in [1.165, 1.54) is 22.8 Å². The van der Waals surface area contributed by atoms with Gasteiger partial charge in [-0.25, -0.2) is 13.2 Å². The first-order valence-corrected chi connectivity index (χ1v) is 8.04. The molecule has 0 saturated heterocycles. The molecule has 126 valence electrons. The first-order valence-electron chi connectivity index (χ1n) is 8.04. The maximum Gasteiger partial charge on any atom is 0.148 e. The normalized spacial score (nSPS) is 11.6. The first-order chi connectivity index (χ1) is 11.9. The Labute approximate surface area is 143 Å². The second-order valence-corrected chi connectivity index (χ2v) is 6.58. The second kappa shape index (κ2) is 5.38. The van der Waals surface area contributed by atoms with E-state index in [4.69, 9.17) is 0 Å². The monoisotopic (exact) mass is 339 g/mol. The number of rotatable bonds is 1. The number of benzene rings is 3. The van der Waals surface area contributed by atoms with Crippen LogP contribution in [0.3, 0.4) is 0 Å². The summed E-state index contributed by atoms with van der Waals surface area (Å²) in [6, 6.07) is 11.0. The van der Waals surface area contributed by atoms with Gasteiger partial charge in [-0.2, -0.15) is 0 Å². The number of hydrogen-bond acceptors (Lipinski definition) is 0. The highest BCUT2D eigenvalue weighted by Crippen LogP contribution is 2.37. The third kappa shape index (κ3) is 2.32. The fraction of sp³-hybridized carbons (Fsp3) is 0.143. The number of nitrogens with zero attached hydrogens (tertiary/aromatic N) is 1. The largest absolute Gasteiger partial charge is 0.301 e. The highest BCUT2D eigenvalue weighted by Gasteiger charge is 2.21. The Bertz CT molecular complexity index is 1090. The van der Waals surface area contributed by atoms with Gasteiger partial charge in [0.15, 0.2) is 0 Å². The Hall–Kier alpha value is -2.75. The molecule has 1 heterocycles. The van der Waals surface area contributed by atoms with Crippen molar-refractivity contribution >= 4 is 21.8 Å². The highest BCUT2D eigenvalue weighted by molar-refractivity contribution is 6.10. The van der Waals surface area contributed by atoms with Crippen molar-refractivity contribution in [3.05, 3.63) is 76.6 Å². The van der Waals surface area contributed by atoms with Crippen LogP contribution in [-0.4, -0.2) is 4.57 Å². The van der Waals surface area contributed by atoms with Crippen LogP contribution in [0.25, 0.3) is 27.5 Å². The average molecular weight is 339 g/mol. The van der Waals surface area contributed by atoms with Gasteiger partial charge in [0, 0.05) is 10.8 Å². The van der Waals surface area contributed by atoms with Crippen LogP contribution in [-0.2, 0) is 0 Å². The zero-order valence-corrected chi connectivity index (χ0v) is 14.1. The number of halogens is 3. The quantitative estimate of drug-likeness (QED) is 0.393. The van der Waals surface area contributed by atoms with E-state index in [1.54, 1.807) is 32.9 Å². The van der Waals surface area contributed by atoms with Crippen molar-refractivity contribution in [1.29, 1.82) is 0 Å². The molecule has 0 aliphatic rings. The molecule has 0 fully saturated rings. The summed E-state index contributed by atoms with van der Waals surface area (Å²) in [5.74, 6) is -1.51. The van der Waals surface area contributed by atoms with Gasteiger partial charge in [-0.1, -0.05) is 6.07 Å². The molecule has 0 unspecified atom stereocenters. The lowest BCUT2D eigenvalue weighted by Gasteiger charge is -2.11. The fourth-order valence-corrected chi connectivity index (χ4v) is 3.48. The maximum absolute atomic E-state index is 14.8. The molecular weight excluding hydrogens is 323 g/mol. The van der Waals surface area contributed by atoms with E-state index in [0.717, 1.165) is 16.7 Å². The summed E-state index contributed by atoms with van der Waals surface area (Å²) in [5.41, 5.74) is 2.72. The zero-order chi connectivity index (χ0) is 17.9. The summed E-state index contributed by atoms with van der Waals surface area (Å²) in [5, 5.41) is 1.16. The van der Waals surface area contributed by atoms with Gasteiger partial charge in [-0.05, 0) is 73.9 Å². The lowest BCUT2D eigenvalue weighted by molar-refractivity contribution is 0.609. The Morgan fingerprint density at radius 3 is 1.56 bits per heavy atom. The van der Waals surface area contributed by atoms with Gasteiger partial charge in [0.1, 0.15) is 17.5 Å².